The van der Waals surface area contributed by atoms with Crippen LogP contribution in [0.5, 0.6) is 0 Å². The molecule has 26 heavy (non-hydrogen) atoms. The van der Waals surface area contributed by atoms with Crippen molar-refractivity contribution in [3.8, 4) is 0 Å². The van der Waals surface area contributed by atoms with Crippen molar-refractivity contribution in [2.24, 2.45) is 4.99 Å². The molecule has 0 bridgehead atoms. The van der Waals surface area contributed by atoms with Gasteiger partial charge in [0.2, 0.25) is 0 Å². The average Bonchev–Trinajstić information content (AvgIpc) is 3.06. The summed E-state index contributed by atoms with van der Waals surface area (Å²) in [6.07, 6.45) is 0. The van der Waals surface area contributed by atoms with Gasteiger partial charge >= 0.3 is 0 Å². The number of aromatic nitrogens is 1. The molecule has 4 nitrogen and oxygen atoms in total. The maximum absolute atomic E-state index is 13.3. The van der Waals surface area contributed by atoms with Crippen molar-refractivity contribution < 1.29 is 8.78 Å². The SMILES string of the molecule is CN=C(NCc1nc(C(C)C)cs1)NCC(C)c1ccc(F)c(F)c1.I. The van der Waals surface area contributed by atoms with Gasteiger partial charge < -0.3 is 10.6 Å². The second-order valence-corrected chi connectivity index (χ2v) is 7.14. The van der Waals surface area contributed by atoms with E-state index in [1.54, 1.807) is 24.5 Å². The molecule has 1 aromatic carbocycles. The molecule has 2 N–H and O–H groups in total. The van der Waals surface area contributed by atoms with Crippen LogP contribution in [-0.4, -0.2) is 24.5 Å². The van der Waals surface area contributed by atoms with Crippen LogP contribution in [0.3, 0.4) is 0 Å². The molecule has 0 spiro atoms. The molecule has 144 valence electrons. The van der Waals surface area contributed by atoms with Crippen LogP contribution in [0, 0.1) is 11.6 Å². The third-order valence-corrected chi connectivity index (χ3v) is 4.75. The summed E-state index contributed by atoms with van der Waals surface area (Å²) in [7, 11) is 1.69. The van der Waals surface area contributed by atoms with Gasteiger partial charge in [-0.15, -0.1) is 35.3 Å². The van der Waals surface area contributed by atoms with Crippen LogP contribution in [0.2, 0.25) is 0 Å². The van der Waals surface area contributed by atoms with Crippen molar-refractivity contribution in [1.29, 1.82) is 0 Å². The second kappa shape index (κ2) is 10.8. The van der Waals surface area contributed by atoms with Crippen molar-refractivity contribution in [2.75, 3.05) is 13.6 Å². The van der Waals surface area contributed by atoms with E-state index in [-0.39, 0.29) is 29.9 Å². The Hall–Kier alpha value is -1.29. The van der Waals surface area contributed by atoms with E-state index in [9.17, 15) is 8.78 Å². The Bertz CT molecular complexity index is 734. The third kappa shape index (κ3) is 6.46. The molecular formula is C18H25F2IN4S. The van der Waals surface area contributed by atoms with Gasteiger partial charge in [-0.3, -0.25) is 4.99 Å². The maximum atomic E-state index is 13.3. The largest absolute Gasteiger partial charge is 0.356 e. The minimum Gasteiger partial charge on any atom is -0.356 e. The number of hydrogen-bond donors (Lipinski definition) is 2. The number of benzene rings is 1. The number of nitrogens with one attached hydrogen (secondary N) is 2. The topological polar surface area (TPSA) is 49.3 Å². The standard InChI is InChI=1S/C18H24F2N4S.HI/c1-11(2)16-10-25-17(24-16)9-23-18(21-4)22-8-12(3)13-5-6-14(19)15(20)7-13;/h5-7,10-12H,8-9H2,1-4H3,(H2,21,22,23);1H. The fraction of sp³-hybridized carbons (Fsp3) is 0.444. The zero-order chi connectivity index (χ0) is 18.4. The van der Waals surface area contributed by atoms with Gasteiger partial charge in [0.05, 0.1) is 12.2 Å². The Morgan fingerprint density at radius 2 is 1.92 bits per heavy atom. The van der Waals surface area contributed by atoms with Gasteiger partial charge in [-0.2, -0.15) is 0 Å². The number of nitrogens with zero attached hydrogens (tertiary/aromatic N) is 2. The molecule has 2 aromatic rings. The molecule has 2 rings (SSSR count). The van der Waals surface area contributed by atoms with Crippen molar-refractivity contribution in [3.05, 3.63) is 51.5 Å². The lowest BCUT2D eigenvalue weighted by Gasteiger charge is -2.16. The Morgan fingerprint density at radius 3 is 2.50 bits per heavy atom. The summed E-state index contributed by atoms with van der Waals surface area (Å²) in [5.41, 5.74) is 1.83. The molecule has 0 aliphatic heterocycles. The van der Waals surface area contributed by atoms with E-state index >= 15 is 0 Å². The summed E-state index contributed by atoms with van der Waals surface area (Å²) in [6, 6.07) is 3.99. The Labute approximate surface area is 174 Å². The van der Waals surface area contributed by atoms with Crippen molar-refractivity contribution in [1.82, 2.24) is 15.6 Å². The van der Waals surface area contributed by atoms with Gasteiger partial charge in [-0.25, -0.2) is 13.8 Å². The molecule has 0 amide bonds. The van der Waals surface area contributed by atoms with Crippen LogP contribution in [0.25, 0.3) is 0 Å². The summed E-state index contributed by atoms with van der Waals surface area (Å²) in [6.45, 7) is 7.33. The summed E-state index contributed by atoms with van der Waals surface area (Å²) < 4.78 is 26.4. The number of halogens is 3. The molecule has 0 aliphatic rings. The molecular weight excluding hydrogens is 469 g/mol. The number of rotatable bonds is 6. The molecule has 1 heterocycles. The van der Waals surface area contributed by atoms with E-state index in [2.05, 4.69) is 39.8 Å². The maximum Gasteiger partial charge on any atom is 0.191 e. The number of guanidine groups is 1. The van der Waals surface area contributed by atoms with E-state index < -0.39 is 11.6 Å². The van der Waals surface area contributed by atoms with E-state index in [1.807, 2.05) is 6.92 Å². The van der Waals surface area contributed by atoms with Crippen LogP contribution in [0.4, 0.5) is 8.78 Å². The number of thiazole rings is 1. The lowest BCUT2D eigenvalue weighted by atomic mass is 10.0. The third-order valence-electron chi connectivity index (χ3n) is 3.88. The Balaban J connectivity index is 0.00000338. The van der Waals surface area contributed by atoms with E-state index in [4.69, 9.17) is 0 Å². The van der Waals surface area contributed by atoms with Crippen molar-refractivity contribution in [2.45, 2.75) is 39.2 Å². The van der Waals surface area contributed by atoms with Gasteiger partial charge in [0.25, 0.3) is 0 Å². The first-order valence-corrected chi connectivity index (χ1v) is 9.12. The van der Waals surface area contributed by atoms with Crippen molar-refractivity contribution >= 4 is 41.3 Å². The van der Waals surface area contributed by atoms with Crippen molar-refractivity contribution in [3.63, 3.8) is 0 Å². The van der Waals surface area contributed by atoms with Crippen LogP contribution in [-0.2, 0) is 6.54 Å². The zero-order valence-corrected chi connectivity index (χ0v) is 18.5. The summed E-state index contributed by atoms with van der Waals surface area (Å²) in [5.74, 6) is -0.571. The average molecular weight is 494 g/mol. The lowest BCUT2D eigenvalue weighted by Crippen LogP contribution is -2.38. The fourth-order valence-electron chi connectivity index (χ4n) is 2.24. The van der Waals surface area contributed by atoms with E-state index in [1.165, 1.54) is 6.07 Å². The molecule has 0 saturated carbocycles. The van der Waals surface area contributed by atoms with Crippen LogP contribution >= 0.6 is 35.3 Å². The molecule has 0 radical (unpaired) electrons. The highest BCUT2D eigenvalue weighted by Crippen LogP contribution is 2.18. The summed E-state index contributed by atoms with van der Waals surface area (Å²) in [4.78, 5) is 8.75. The minimum atomic E-state index is -0.828. The lowest BCUT2D eigenvalue weighted by molar-refractivity contribution is 0.505. The van der Waals surface area contributed by atoms with E-state index in [0.717, 1.165) is 22.3 Å². The predicted octanol–water partition coefficient (Wildman–Crippen LogP) is 4.63. The highest BCUT2D eigenvalue weighted by molar-refractivity contribution is 14.0. The van der Waals surface area contributed by atoms with Gasteiger partial charge in [0, 0.05) is 19.0 Å². The Kier molecular flexibility index (Phi) is 9.42. The monoisotopic (exact) mass is 494 g/mol. The first-order valence-electron chi connectivity index (χ1n) is 8.24. The number of aliphatic imine (C=N–C) groups is 1. The zero-order valence-electron chi connectivity index (χ0n) is 15.3. The first kappa shape index (κ1) is 22.8. The quantitative estimate of drug-likeness (QED) is 0.350. The molecule has 1 unspecified atom stereocenters. The van der Waals surface area contributed by atoms with E-state index in [0.29, 0.717) is 25.0 Å². The van der Waals surface area contributed by atoms with Gasteiger partial charge in [0.15, 0.2) is 17.6 Å². The predicted molar refractivity (Wildman–Crippen MR) is 115 cm³/mol. The molecule has 1 aromatic heterocycles. The minimum absolute atomic E-state index is 0. The molecule has 0 fully saturated rings. The van der Waals surface area contributed by atoms with Gasteiger partial charge in [-0.05, 0) is 29.5 Å². The van der Waals surface area contributed by atoms with Gasteiger partial charge in [0.1, 0.15) is 5.01 Å². The van der Waals surface area contributed by atoms with Crippen LogP contribution < -0.4 is 10.6 Å². The summed E-state index contributed by atoms with van der Waals surface area (Å²) in [5, 5.41) is 9.49. The highest BCUT2D eigenvalue weighted by atomic mass is 127. The van der Waals surface area contributed by atoms with Crippen LogP contribution in [0.15, 0.2) is 28.6 Å². The number of hydrogen-bond acceptors (Lipinski definition) is 3. The molecule has 0 saturated heterocycles. The normalized spacial score (nSPS) is 12.7. The smallest absolute Gasteiger partial charge is 0.191 e. The fourth-order valence-corrected chi connectivity index (χ4v) is 3.13. The highest BCUT2D eigenvalue weighted by Gasteiger charge is 2.11. The molecule has 1 atom stereocenters. The second-order valence-electron chi connectivity index (χ2n) is 6.20. The van der Waals surface area contributed by atoms with Crippen LogP contribution in [0.1, 0.15) is 48.9 Å². The molecule has 8 heteroatoms. The molecule has 0 aliphatic carbocycles. The summed E-state index contributed by atoms with van der Waals surface area (Å²) >= 11 is 1.62. The first-order chi connectivity index (χ1) is 11.9. The Morgan fingerprint density at radius 1 is 1.19 bits per heavy atom. The van der Waals surface area contributed by atoms with Gasteiger partial charge in [-0.1, -0.05) is 26.8 Å².